The van der Waals surface area contributed by atoms with Crippen LogP contribution in [-0.4, -0.2) is 40.6 Å². The van der Waals surface area contributed by atoms with Crippen LogP contribution in [0.2, 0.25) is 0 Å². The highest BCUT2D eigenvalue weighted by atomic mass is 16.5. The first-order valence-electron chi connectivity index (χ1n) is 8.68. The van der Waals surface area contributed by atoms with Gasteiger partial charge >= 0.3 is 5.97 Å². The molecule has 0 saturated carbocycles. The van der Waals surface area contributed by atoms with Crippen molar-refractivity contribution in [1.82, 2.24) is 4.90 Å². The molecule has 1 fully saturated rings. The van der Waals surface area contributed by atoms with Crippen LogP contribution in [0.4, 0.5) is 0 Å². The summed E-state index contributed by atoms with van der Waals surface area (Å²) in [6.45, 7) is 4.49. The van der Waals surface area contributed by atoms with Crippen LogP contribution in [-0.2, 0) is 14.3 Å². The summed E-state index contributed by atoms with van der Waals surface area (Å²) in [5.74, 6) is -0.461. The van der Waals surface area contributed by atoms with E-state index in [0.29, 0.717) is 19.4 Å². The predicted molar refractivity (Wildman–Crippen MR) is 92.2 cm³/mol. The number of furan rings is 1. The summed E-state index contributed by atoms with van der Waals surface area (Å²) in [6, 6.07) is 9.43. The average Bonchev–Trinajstić information content (AvgIpc) is 3.25. The summed E-state index contributed by atoms with van der Waals surface area (Å²) in [5.41, 5.74) is 0.788. The molecule has 1 aromatic carbocycles. The van der Waals surface area contributed by atoms with E-state index in [9.17, 15) is 9.59 Å². The molecule has 1 unspecified atom stereocenters. The standard InChI is InChI=1S/C19H23NO5/c1-3-10-20(18(21)15-8-9-16(25-15)19(22)23)12(2)17-11-13-6-4-5-7-14(13)24-17/h4-7,11-12,15-16H,3,8-10H2,1-2H3,(H,22,23)/t12?,15-,16+/m0/s1. The molecule has 134 valence electrons. The topological polar surface area (TPSA) is 80.0 Å². The summed E-state index contributed by atoms with van der Waals surface area (Å²) in [5, 5.41) is 10.1. The molecule has 1 aromatic heterocycles. The monoisotopic (exact) mass is 345 g/mol. The lowest BCUT2D eigenvalue weighted by Gasteiger charge is -2.30. The summed E-state index contributed by atoms with van der Waals surface area (Å²) in [7, 11) is 0. The Morgan fingerprint density at radius 2 is 2.00 bits per heavy atom. The largest absolute Gasteiger partial charge is 0.479 e. The van der Waals surface area contributed by atoms with Crippen LogP contribution in [0.5, 0.6) is 0 Å². The van der Waals surface area contributed by atoms with Crippen molar-refractivity contribution >= 4 is 22.8 Å². The van der Waals surface area contributed by atoms with E-state index in [0.717, 1.165) is 23.2 Å². The van der Waals surface area contributed by atoms with Gasteiger partial charge in [0.25, 0.3) is 5.91 Å². The summed E-state index contributed by atoms with van der Waals surface area (Å²) in [4.78, 5) is 25.7. The van der Waals surface area contributed by atoms with Gasteiger partial charge in [-0.3, -0.25) is 4.79 Å². The fourth-order valence-electron chi connectivity index (χ4n) is 3.28. The van der Waals surface area contributed by atoms with Crippen LogP contribution in [0.25, 0.3) is 11.0 Å². The summed E-state index contributed by atoms with van der Waals surface area (Å²) in [6.07, 6.45) is 0.0114. The van der Waals surface area contributed by atoms with Crippen LogP contribution in [0.15, 0.2) is 34.7 Å². The number of rotatable bonds is 6. The van der Waals surface area contributed by atoms with Crippen molar-refractivity contribution in [3.05, 3.63) is 36.1 Å². The van der Waals surface area contributed by atoms with Crippen molar-refractivity contribution in [2.45, 2.75) is 51.4 Å². The van der Waals surface area contributed by atoms with Gasteiger partial charge in [-0.15, -0.1) is 0 Å². The highest BCUT2D eigenvalue weighted by Crippen LogP contribution is 2.30. The lowest BCUT2D eigenvalue weighted by atomic mass is 10.1. The first-order chi connectivity index (χ1) is 12.0. The third kappa shape index (κ3) is 3.54. The van der Waals surface area contributed by atoms with Gasteiger partial charge in [-0.2, -0.15) is 0 Å². The highest BCUT2D eigenvalue weighted by Gasteiger charge is 2.38. The number of carbonyl (C=O) groups is 2. The highest BCUT2D eigenvalue weighted by molar-refractivity contribution is 5.83. The molecule has 0 radical (unpaired) electrons. The van der Waals surface area contributed by atoms with Crippen LogP contribution in [0.3, 0.4) is 0 Å². The minimum absolute atomic E-state index is 0.168. The average molecular weight is 345 g/mol. The molecule has 2 aromatic rings. The van der Waals surface area contributed by atoms with Gasteiger partial charge in [0.15, 0.2) is 6.10 Å². The molecular formula is C19H23NO5. The number of ether oxygens (including phenoxy) is 1. The van der Waals surface area contributed by atoms with Gasteiger partial charge in [-0.05, 0) is 38.3 Å². The molecule has 0 spiro atoms. The molecule has 1 aliphatic heterocycles. The van der Waals surface area contributed by atoms with E-state index >= 15 is 0 Å². The molecule has 0 bridgehead atoms. The van der Waals surface area contributed by atoms with Gasteiger partial charge in [0.05, 0.1) is 6.04 Å². The predicted octanol–water partition coefficient (Wildman–Crippen LogP) is 3.36. The molecule has 1 N–H and O–H groups in total. The first-order valence-corrected chi connectivity index (χ1v) is 8.68. The third-order valence-electron chi connectivity index (χ3n) is 4.64. The van der Waals surface area contributed by atoms with E-state index in [1.54, 1.807) is 4.90 Å². The molecular weight excluding hydrogens is 322 g/mol. The molecule has 6 heteroatoms. The fraction of sp³-hybridized carbons (Fsp3) is 0.474. The number of aliphatic carboxylic acids is 1. The molecule has 1 amide bonds. The second-order valence-corrected chi connectivity index (χ2v) is 6.42. The van der Waals surface area contributed by atoms with E-state index < -0.39 is 18.2 Å². The van der Waals surface area contributed by atoms with Gasteiger partial charge in [-0.25, -0.2) is 4.79 Å². The lowest BCUT2D eigenvalue weighted by molar-refractivity contribution is -0.155. The third-order valence-corrected chi connectivity index (χ3v) is 4.64. The molecule has 6 nitrogen and oxygen atoms in total. The van der Waals surface area contributed by atoms with Crippen LogP contribution < -0.4 is 0 Å². The number of fused-ring (bicyclic) bond motifs is 1. The maximum atomic E-state index is 12.9. The normalized spacial score (nSPS) is 21.4. The minimum atomic E-state index is -1.01. The van der Waals surface area contributed by atoms with E-state index in [2.05, 4.69) is 0 Å². The van der Waals surface area contributed by atoms with Crippen molar-refractivity contribution in [3.8, 4) is 0 Å². The molecule has 1 saturated heterocycles. The van der Waals surface area contributed by atoms with Gasteiger partial charge in [-0.1, -0.05) is 25.1 Å². The maximum absolute atomic E-state index is 12.9. The smallest absolute Gasteiger partial charge is 0.332 e. The molecule has 2 heterocycles. The zero-order chi connectivity index (χ0) is 18.0. The molecule has 0 aliphatic carbocycles. The minimum Gasteiger partial charge on any atom is -0.479 e. The van der Waals surface area contributed by atoms with Crippen LogP contribution in [0.1, 0.15) is 44.9 Å². The summed E-state index contributed by atoms with van der Waals surface area (Å²) < 4.78 is 11.3. The Morgan fingerprint density at radius 3 is 2.64 bits per heavy atom. The quantitative estimate of drug-likeness (QED) is 0.868. The van der Waals surface area contributed by atoms with Crippen molar-refractivity contribution in [2.24, 2.45) is 0 Å². The maximum Gasteiger partial charge on any atom is 0.332 e. The van der Waals surface area contributed by atoms with Gasteiger partial charge in [0, 0.05) is 11.9 Å². The van der Waals surface area contributed by atoms with Crippen molar-refractivity contribution < 1.29 is 23.8 Å². The van der Waals surface area contributed by atoms with E-state index in [4.69, 9.17) is 14.3 Å². The van der Waals surface area contributed by atoms with Gasteiger partial charge in [0.1, 0.15) is 17.4 Å². The number of benzene rings is 1. The Kier molecular flexibility index (Phi) is 5.08. The van der Waals surface area contributed by atoms with Crippen molar-refractivity contribution in [1.29, 1.82) is 0 Å². The van der Waals surface area contributed by atoms with Crippen molar-refractivity contribution in [3.63, 3.8) is 0 Å². The Labute approximate surface area is 146 Å². The van der Waals surface area contributed by atoms with E-state index in [-0.39, 0.29) is 11.9 Å². The SMILES string of the molecule is CCCN(C(=O)[C@@H]1CC[C@H](C(=O)O)O1)C(C)c1cc2ccccc2o1. The Morgan fingerprint density at radius 1 is 1.28 bits per heavy atom. The second kappa shape index (κ2) is 7.27. The second-order valence-electron chi connectivity index (χ2n) is 6.42. The lowest BCUT2D eigenvalue weighted by Crippen LogP contribution is -2.41. The number of hydrogen-bond acceptors (Lipinski definition) is 4. The Balaban J connectivity index is 1.79. The van der Waals surface area contributed by atoms with Gasteiger partial charge in [0.2, 0.25) is 0 Å². The number of carboxylic acid groups (broad SMARTS) is 1. The van der Waals surface area contributed by atoms with E-state index in [1.807, 2.05) is 44.2 Å². The first kappa shape index (κ1) is 17.5. The molecule has 1 aliphatic rings. The number of para-hydroxylation sites is 1. The fourth-order valence-corrected chi connectivity index (χ4v) is 3.28. The molecule has 25 heavy (non-hydrogen) atoms. The van der Waals surface area contributed by atoms with Crippen LogP contribution in [0, 0.1) is 0 Å². The molecule has 3 rings (SSSR count). The Hall–Kier alpha value is -2.34. The zero-order valence-corrected chi connectivity index (χ0v) is 14.5. The van der Waals surface area contributed by atoms with E-state index in [1.165, 1.54) is 0 Å². The van der Waals surface area contributed by atoms with Crippen LogP contribution >= 0.6 is 0 Å². The number of carboxylic acids is 1. The molecule has 3 atom stereocenters. The number of hydrogen-bond donors (Lipinski definition) is 1. The Bertz CT molecular complexity index is 735. The summed E-state index contributed by atoms with van der Waals surface area (Å²) >= 11 is 0. The number of nitrogens with zero attached hydrogens (tertiary/aromatic N) is 1. The zero-order valence-electron chi connectivity index (χ0n) is 14.5. The van der Waals surface area contributed by atoms with Gasteiger partial charge < -0.3 is 19.2 Å². The number of amides is 1. The number of carbonyl (C=O) groups excluding carboxylic acids is 1. The van der Waals surface area contributed by atoms with Crippen molar-refractivity contribution in [2.75, 3.05) is 6.54 Å².